The molecular weight excluding hydrogens is 354 g/mol. The van der Waals surface area contributed by atoms with Gasteiger partial charge in [0.05, 0.1) is 15.6 Å². The third-order valence-electron chi connectivity index (χ3n) is 2.85. The first-order chi connectivity index (χ1) is 11.3. The number of nitrogen functional groups attached to an aromatic ring is 1. The molecule has 0 bridgehead atoms. The third-order valence-corrected chi connectivity index (χ3v) is 4.13. The van der Waals surface area contributed by atoms with Gasteiger partial charge in [0.25, 0.3) is 0 Å². The fourth-order valence-corrected chi connectivity index (χ4v) is 2.72. The summed E-state index contributed by atoms with van der Waals surface area (Å²) in [6.07, 6.45) is 0.0213. The van der Waals surface area contributed by atoms with Crippen LogP contribution in [0.3, 0.4) is 0 Å². The largest absolute Gasteiger partial charge is 0.457 e. The number of ether oxygens (including phenoxy) is 1. The predicted molar refractivity (Wildman–Crippen MR) is 91.3 cm³/mol. The smallest absolute Gasteiger partial charge is 0.306 e. The summed E-state index contributed by atoms with van der Waals surface area (Å²) in [6.45, 7) is -0.134. The second-order valence-corrected chi connectivity index (χ2v) is 6.71. The molecule has 0 fully saturated rings. The van der Waals surface area contributed by atoms with Crippen molar-refractivity contribution < 1.29 is 14.3 Å². The van der Waals surface area contributed by atoms with Crippen LogP contribution in [0.5, 0.6) is 0 Å². The summed E-state index contributed by atoms with van der Waals surface area (Å²) in [7, 11) is 3.51. The van der Waals surface area contributed by atoms with Crippen LogP contribution in [0.2, 0.25) is 4.34 Å². The van der Waals surface area contributed by atoms with E-state index in [4.69, 9.17) is 22.1 Å². The Balaban J connectivity index is 1.84. The Bertz CT molecular complexity index is 750. The zero-order chi connectivity index (χ0) is 17.7. The number of carbonyl (C=O) groups excluding carboxylic acids is 2. The summed E-state index contributed by atoms with van der Waals surface area (Å²) < 4.78 is 5.60. The van der Waals surface area contributed by atoms with Gasteiger partial charge in [0, 0.05) is 20.5 Å². The number of hydrogen-bond acceptors (Lipinski definition) is 9. The zero-order valence-corrected chi connectivity index (χ0v) is 14.7. The second kappa shape index (κ2) is 8.02. The first kappa shape index (κ1) is 18.1. The topological polar surface area (TPSA) is 111 Å². The lowest BCUT2D eigenvalue weighted by Crippen LogP contribution is -2.17. The molecule has 0 saturated carbocycles. The Morgan fingerprint density at radius 3 is 2.62 bits per heavy atom. The Kier molecular flexibility index (Phi) is 6.04. The number of rotatable bonds is 7. The number of anilines is 2. The van der Waals surface area contributed by atoms with Gasteiger partial charge in [-0.15, -0.1) is 11.3 Å². The van der Waals surface area contributed by atoms with Gasteiger partial charge in [-0.2, -0.15) is 15.0 Å². The van der Waals surface area contributed by atoms with Gasteiger partial charge >= 0.3 is 5.97 Å². The van der Waals surface area contributed by atoms with E-state index in [0.29, 0.717) is 15.2 Å². The standard InChI is InChI=1S/C14H16ClN5O3S/c1-20(2)14-18-11(17-13(16)19-14)7-23-12(22)6-3-8(21)9-4-5-10(15)24-9/h4-5H,3,6-7H2,1-2H3,(H2,16,17,18,19). The Morgan fingerprint density at radius 2 is 2.00 bits per heavy atom. The molecule has 0 aliphatic carbocycles. The van der Waals surface area contributed by atoms with E-state index in [-0.39, 0.29) is 37.0 Å². The molecular formula is C14H16ClN5O3S. The van der Waals surface area contributed by atoms with Gasteiger partial charge in [-0.1, -0.05) is 11.6 Å². The van der Waals surface area contributed by atoms with Crippen LogP contribution < -0.4 is 10.6 Å². The van der Waals surface area contributed by atoms with Crippen LogP contribution in [0.25, 0.3) is 0 Å². The quantitative estimate of drug-likeness (QED) is 0.582. The van der Waals surface area contributed by atoms with Gasteiger partial charge in [-0.3, -0.25) is 9.59 Å². The minimum Gasteiger partial charge on any atom is -0.457 e. The fourth-order valence-electron chi connectivity index (χ4n) is 1.71. The first-order valence-corrected chi connectivity index (χ1v) is 8.16. The summed E-state index contributed by atoms with van der Waals surface area (Å²) in [5, 5.41) is 0. The van der Waals surface area contributed by atoms with E-state index >= 15 is 0 Å². The fraction of sp³-hybridized carbons (Fsp3) is 0.357. The van der Waals surface area contributed by atoms with Crippen molar-refractivity contribution in [3.8, 4) is 0 Å². The Morgan fingerprint density at radius 1 is 1.25 bits per heavy atom. The first-order valence-electron chi connectivity index (χ1n) is 6.97. The maximum atomic E-state index is 11.9. The van der Waals surface area contributed by atoms with Crippen molar-refractivity contribution in [1.29, 1.82) is 0 Å². The van der Waals surface area contributed by atoms with E-state index in [1.165, 1.54) is 11.3 Å². The minimum atomic E-state index is -0.517. The molecule has 0 amide bonds. The highest BCUT2D eigenvalue weighted by Gasteiger charge is 2.13. The molecule has 2 heterocycles. The molecule has 10 heteroatoms. The van der Waals surface area contributed by atoms with Crippen molar-refractivity contribution >= 4 is 46.6 Å². The molecule has 0 atom stereocenters. The summed E-state index contributed by atoms with van der Waals surface area (Å²) in [5.74, 6) is -0.00161. The van der Waals surface area contributed by atoms with Crippen LogP contribution >= 0.6 is 22.9 Å². The molecule has 0 aliphatic heterocycles. The molecule has 128 valence electrons. The molecule has 2 N–H and O–H groups in total. The number of nitrogens with zero attached hydrogens (tertiary/aromatic N) is 4. The molecule has 0 saturated heterocycles. The number of thiophene rings is 1. The summed E-state index contributed by atoms with van der Waals surface area (Å²) in [6, 6.07) is 3.28. The normalized spacial score (nSPS) is 10.5. The highest BCUT2D eigenvalue weighted by molar-refractivity contribution is 7.18. The van der Waals surface area contributed by atoms with Crippen LogP contribution in [0.4, 0.5) is 11.9 Å². The van der Waals surface area contributed by atoms with Crippen LogP contribution in [0, 0.1) is 0 Å². The van der Waals surface area contributed by atoms with E-state index in [0.717, 1.165) is 0 Å². The van der Waals surface area contributed by atoms with Gasteiger partial charge < -0.3 is 15.4 Å². The van der Waals surface area contributed by atoms with Gasteiger partial charge in [0.2, 0.25) is 11.9 Å². The van der Waals surface area contributed by atoms with E-state index in [1.54, 1.807) is 31.1 Å². The molecule has 2 aromatic heterocycles. The van der Waals surface area contributed by atoms with Crippen LogP contribution in [-0.2, 0) is 16.1 Å². The average Bonchev–Trinajstić information content (AvgIpc) is 2.96. The molecule has 0 radical (unpaired) electrons. The molecule has 0 aromatic carbocycles. The Hall–Kier alpha value is -2.26. The summed E-state index contributed by atoms with van der Waals surface area (Å²) in [5.41, 5.74) is 5.58. The number of aromatic nitrogens is 3. The average molecular weight is 370 g/mol. The third kappa shape index (κ3) is 5.14. The molecule has 0 unspecified atom stereocenters. The maximum absolute atomic E-state index is 11.9. The van der Waals surface area contributed by atoms with Crippen LogP contribution in [-0.4, -0.2) is 40.8 Å². The summed E-state index contributed by atoms with van der Waals surface area (Å²) >= 11 is 6.96. The van der Waals surface area contributed by atoms with Crippen molar-refractivity contribution in [2.75, 3.05) is 24.7 Å². The predicted octanol–water partition coefficient (Wildman–Crippen LogP) is 1.94. The number of hydrogen-bond donors (Lipinski definition) is 1. The number of ketones is 1. The molecule has 8 nitrogen and oxygen atoms in total. The second-order valence-electron chi connectivity index (χ2n) is 4.99. The molecule has 2 aromatic rings. The minimum absolute atomic E-state index is 0.0323. The number of carbonyl (C=O) groups is 2. The molecule has 2 rings (SSSR count). The highest BCUT2D eigenvalue weighted by atomic mass is 35.5. The number of esters is 1. The number of Topliss-reactive ketones (excluding diaryl/α,β-unsaturated/α-hetero) is 1. The van der Waals surface area contributed by atoms with E-state index in [9.17, 15) is 9.59 Å². The van der Waals surface area contributed by atoms with Gasteiger partial charge in [-0.05, 0) is 12.1 Å². The van der Waals surface area contributed by atoms with Crippen LogP contribution in [0.15, 0.2) is 12.1 Å². The number of halogens is 1. The van der Waals surface area contributed by atoms with Crippen molar-refractivity contribution in [3.63, 3.8) is 0 Å². The van der Waals surface area contributed by atoms with Crippen molar-refractivity contribution in [2.45, 2.75) is 19.4 Å². The molecule has 0 aliphatic rings. The lowest BCUT2D eigenvalue weighted by Gasteiger charge is -2.11. The Labute approximate surface area is 147 Å². The zero-order valence-electron chi connectivity index (χ0n) is 13.2. The lowest BCUT2D eigenvalue weighted by atomic mass is 10.2. The maximum Gasteiger partial charge on any atom is 0.306 e. The van der Waals surface area contributed by atoms with Gasteiger partial charge in [-0.25, -0.2) is 0 Å². The van der Waals surface area contributed by atoms with Gasteiger partial charge in [0.15, 0.2) is 18.2 Å². The van der Waals surface area contributed by atoms with E-state index in [2.05, 4.69) is 15.0 Å². The van der Waals surface area contributed by atoms with E-state index in [1.807, 2.05) is 0 Å². The highest BCUT2D eigenvalue weighted by Crippen LogP contribution is 2.23. The molecule has 0 spiro atoms. The van der Waals surface area contributed by atoms with E-state index < -0.39 is 5.97 Å². The van der Waals surface area contributed by atoms with Crippen LogP contribution in [0.1, 0.15) is 28.3 Å². The van der Waals surface area contributed by atoms with Crippen molar-refractivity contribution in [3.05, 3.63) is 27.2 Å². The SMILES string of the molecule is CN(C)c1nc(N)nc(COC(=O)CCC(=O)c2ccc(Cl)s2)n1. The van der Waals surface area contributed by atoms with Gasteiger partial charge in [0.1, 0.15) is 0 Å². The lowest BCUT2D eigenvalue weighted by molar-refractivity contribution is -0.145. The summed E-state index contributed by atoms with van der Waals surface area (Å²) in [4.78, 5) is 37.8. The van der Waals surface area contributed by atoms with Crippen molar-refractivity contribution in [1.82, 2.24) is 15.0 Å². The monoisotopic (exact) mass is 369 g/mol. The van der Waals surface area contributed by atoms with Crippen molar-refractivity contribution in [2.24, 2.45) is 0 Å². The number of nitrogens with two attached hydrogens (primary N) is 1. The molecule has 24 heavy (non-hydrogen) atoms.